The maximum atomic E-state index is 11.5. The summed E-state index contributed by atoms with van der Waals surface area (Å²) in [6.45, 7) is 5.54. The number of carboxylic acids is 1. The number of rotatable bonds is 4. The molecule has 5 nitrogen and oxygen atoms in total. The third-order valence-corrected chi connectivity index (χ3v) is 1.54. The molecule has 0 radical (unpaired) electrons. The lowest BCUT2D eigenvalue weighted by Crippen LogP contribution is -2.50. The molecule has 1 unspecified atom stereocenters. The SMILES string of the molecule is CNC(CC(=O)O)C(=O)NC(C)(C)C. The van der Waals surface area contributed by atoms with Crippen LogP contribution in [0.4, 0.5) is 0 Å². The van der Waals surface area contributed by atoms with E-state index in [0.29, 0.717) is 0 Å². The summed E-state index contributed by atoms with van der Waals surface area (Å²) < 4.78 is 0. The summed E-state index contributed by atoms with van der Waals surface area (Å²) >= 11 is 0. The fourth-order valence-electron chi connectivity index (χ4n) is 0.957. The molecule has 0 bridgehead atoms. The van der Waals surface area contributed by atoms with E-state index in [-0.39, 0.29) is 17.9 Å². The van der Waals surface area contributed by atoms with E-state index < -0.39 is 12.0 Å². The monoisotopic (exact) mass is 202 g/mol. The normalized spacial score (nSPS) is 13.4. The minimum atomic E-state index is -0.992. The van der Waals surface area contributed by atoms with Gasteiger partial charge in [0, 0.05) is 5.54 Å². The Morgan fingerprint density at radius 3 is 2.14 bits per heavy atom. The number of aliphatic carboxylic acids is 1. The predicted molar refractivity (Wildman–Crippen MR) is 53.0 cm³/mol. The molecule has 0 rings (SSSR count). The molecule has 0 aromatic rings. The molecule has 3 N–H and O–H groups in total. The fourth-order valence-corrected chi connectivity index (χ4v) is 0.957. The molecular weight excluding hydrogens is 184 g/mol. The summed E-state index contributed by atoms with van der Waals surface area (Å²) in [4.78, 5) is 21.9. The Morgan fingerprint density at radius 2 is 1.86 bits per heavy atom. The quantitative estimate of drug-likeness (QED) is 0.598. The summed E-state index contributed by atoms with van der Waals surface area (Å²) in [6, 6.07) is -0.674. The first kappa shape index (κ1) is 12.9. The van der Waals surface area contributed by atoms with E-state index in [4.69, 9.17) is 5.11 Å². The van der Waals surface area contributed by atoms with Gasteiger partial charge in [-0.1, -0.05) is 0 Å². The van der Waals surface area contributed by atoms with Crippen molar-refractivity contribution < 1.29 is 14.7 Å². The van der Waals surface area contributed by atoms with Gasteiger partial charge < -0.3 is 15.7 Å². The van der Waals surface area contributed by atoms with Crippen molar-refractivity contribution >= 4 is 11.9 Å². The molecule has 0 saturated carbocycles. The summed E-state index contributed by atoms with van der Waals surface area (Å²) in [7, 11) is 1.57. The standard InChI is InChI=1S/C9H18N2O3/c1-9(2,3)11-8(14)6(10-4)5-7(12)13/h6,10H,5H2,1-4H3,(H,11,14)(H,12,13). The lowest BCUT2D eigenvalue weighted by Gasteiger charge is -2.23. The highest BCUT2D eigenvalue weighted by Gasteiger charge is 2.23. The summed E-state index contributed by atoms with van der Waals surface area (Å²) in [5.41, 5.74) is -0.343. The summed E-state index contributed by atoms with van der Waals surface area (Å²) in [5.74, 6) is -1.28. The van der Waals surface area contributed by atoms with Gasteiger partial charge in [0.25, 0.3) is 0 Å². The van der Waals surface area contributed by atoms with Gasteiger partial charge in [-0.2, -0.15) is 0 Å². The van der Waals surface area contributed by atoms with Crippen LogP contribution in [0.2, 0.25) is 0 Å². The van der Waals surface area contributed by atoms with Crippen molar-refractivity contribution in [2.75, 3.05) is 7.05 Å². The van der Waals surface area contributed by atoms with Crippen molar-refractivity contribution in [2.24, 2.45) is 0 Å². The van der Waals surface area contributed by atoms with Crippen molar-refractivity contribution in [3.8, 4) is 0 Å². The van der Waals surface area contributed by atoms with Crippen molar-refractivity contribution in [3.05, 3.63) is 0 Å². The Labute approximate surface area is 83.9 Å². The highest BCUT2D eigenvalue weighted by molar-refractivity contribution is 5.86. The maximum Gasteiger partial charge on any atom is 0.305 e. The summed E-state index contributed by atoms with van der Waals surface area (Å²) in [5, 5.41) is 13.9. The topological polar surface area (TPSA) is 78.4 Å². The molecule has 0 heterocycles. The van der Waals surface area contributed by atoms with Gasteiger partial charge in [-0.3, -0.25) is 9.59 Å². The number of nitrogens with one attached hydrogen (secondary N) is 2. The Hall–Kier alpha value is -1.10. The molecule has 0 aliphatic carbocycles. The molecular formula is C9H18N2O3. The number of carbonyl (C=O) groups is 2. The Morgan fingerprint density at radius 1 is 1.36 bits per heavy atom. The zero-order valence-electron chi connectivity index (χ0n) is 9.05. The van der Waals surface area contributed by atoms with Crippen molar-refractivity contribution in [2.45, 2.75) is 38.8 Å². The number of hydrogen-bond donors (Lipinski definition) is 3. The lowest BCUT2D eigenvalue weighted by atomic mass is 10.1. The number of likely N-dealkylation sites (N-methyl/N-ethyl adjacent to an activating group) is 1. The second-order valence-electron chi connectivity index (χ2n) is 4.18. The molecule has 0 aromatic carbocycles. The van der Waals surface area contributed by atoms with Gasteiger partial charge in [-0.25, -0.2) is 0 Å². The Kier molecular flexibility index (Phi) is 4.56. The molecule has 1 atom stereocenters. The highest BCUT2D eigenvalue weighted by atomic mass is 16.4. The van der Waals surface area contributed by atoms with Crippen LogP contribution in [-0.2, 0) is 9.59 Å². The maximum absolute atomic E-state index is 11.5. The van der Waals surface area contributed by atoms with Gasteiger partial charge in [0.2, 0.25) is 5.91 Å². The second-order valence-corrected chi connectivity index (χ2v) is 4.18. The van der Waals surface area contributed by atoms with Crippen LogP contribution in [-0.4, -0.2) is 35.6 Å². The van der Waals surface area contributed by atoms with Gasteiger partial charge in [0.05, 0.1) is 12.5 Å². The number of carbonyl (C=O) groups excluding carboxylic acids is 1. The first-order valence-corrected chi connectivity index (χ1v) is 4.47. The van der Waals surface area contributed by atoms with Gasteiger partial charge >= 0.3 is 5.97 Å². The zero-order valence-corrected chi connectivity index (χ0v) is 9.05. The smallest absolute Gasteiger partial charge is 0.305 e. The van der Waals surface area contributed by atoms with Gasteiger partial charge in [0.15, 0.2) is 0 Å². The molecule has 5 heteroatoms. The first-order chi connectivity index (χ1) is 6.26. The van der Waals surface area contributed by atoms with E-state index in [2.05, 4.69) is 10.6 Å². The van der Waals surface area contributed by atoms with Crippen molar-refractivity contribution in [1.82, 2.24) is 10.6 Å². The molecule has 0 aliphatic heterocycles. The van der Waals surface area contributed by atoms with E-state index in [1.54, 1.807) is 7.05 Å². The van der Waals surface area contributed by atoms with Crippen molar-refractivity contribution in [3.63, 3.8) is 0 Å². The summed E-state index contributed by atoms with van der Waals surface area (Å²) in [6.07, 6.45) is -0.210. The van der Waals surface area contributed by atoms with Crippen LogP contribution >= 0.6 is 0 Å². The van der Waals surface area contributed by atoms with Gasteiger partial charge in [0.1, 0.15) is 0 Å². The molecule has 82 valence electrons. The van der Waals surface area contributed by atoms with Crippen LogP contribution in [0.25, 0.3) is 0 Å². The van der Waals surface area contributed by atoms with Crippen LogP contribution in [0.3, 0.4) is 0 Å². The third kappa shape index (κ3) is 5.53. The molecule has 14 heavy (non-hydrogen) atoms. The Bertz CT molecular complexity index is 221. The largest absolute Gasteiger partial charge is 0.481 e. The molecule has 0 aliphatic rings. The third-order valence-electron chi connectivity index (χ3n) is 1.54. The number of amides is 1. The minimum Gasteiger partial charge on any atom is -0.481 e. The van der Waals surface area contributed by atoms with E-state index in [1.807, 2.05) is 20.8 Å². The van der Waals surface area contributed by atoms with Gasteiger partial charge in [-0.15, -0.1) is 0 Å². The van der Waals surface area contributed by atoms with Crippen LogP contribution in [0.15, 0.2) is 0 Å². The van der Waals surface area contributed by atoms with Crippen LogP contribution < -0.4 is 10.6 Å². The molecule has 1 amide bonds. The first-order valence-electron chi connectivity index (χ1n) is 4.47. The number of carboxylic acid groups (broad SMARTS) is 1. The molecule has 0 aromatic heterocycles. The zero-order chi connectivity index (χ0) is 11.4. The van der Waals surface area contributed by atoms with Gasteiger partial charge in [-0.05, 0) is 27.8 Å². The van der Waals surface area contributed by atoms with E-state index in [1.165, 1.54) is 0 Å². The number of hydrogen-bond acceptors (Lipinski definition) is 3. The average molecular weight is 202 g/mol. The molecule has 0 saturated heterocycles. The predicted octanol–water partition coefficient (Wildman–Crippen LogP) is -0.0362. The molecule has 0 spiro atoms. The van der Waals surface area contributed by atoms with E-state index >= 15 is 0 Å². The lowest BCUT2D eigenvalue weighted by molar-refractivity contribution is -0.140. The van der Waals surface area contributed by atoms with E-state index in [9.17, 15) is 9.59 Å². The van der Waals surface area contributed by atoms with Crippen LogP contribution in [0, 0.1) is 0 Å². The Balaban J connectivity index is 4.25. The molecule has 0 fully saturated rings. The average Bonchev–Trinajstić information content (AvgIpc) is 1.96. The van der Waals surface area contributed by atoms with Crippen molar-refractivity contribution in [1.29, 1.82) is 0 Å². The van der Waals surface area contributed by atoms with E-state index in [0.717, 1.165) is 0 Å². The second kappa shape index (κ2) is 4.95. The fraction of sp³-hybridized carbons (Fsp3) is 0.778. The highest BCUT2D eigenvalue weighted by Crippen LogP contribution is 2.01. The van der Waals surface area contributed by atoms with Crippen LogP contribution in [0.1, 0.15) is 27.2 Å². The minimum absolute atomic E-state index is 0.210. The van der Waals surface area contributed by atoms with Crippen LogP contribution in [0.5, 0.6) is 0 Å².